The first-order valence-corrected chi connectivity index (χ1v) is 6.86. The molecule has 0 radical (unpaired) electrons. The molecule has 4 nitrogen and oxygen atoms in total. The van der Waals surface area contributed by atoms with Gasteiger partial charge in [-0.3, -0.25) is 4.79 Å². The molecule has 21 heavy (non-hydrogen) atoms. The van der Waals surface area contributed by atoms with Gasteiger partial charge in [0, 0.05) is 5.69 Å². The Labute approximate surface area is 124 Å². The molecule has 0 aliphatic rings. The zero-order valence-corrected chi connectivity index (χ0v) is 12.3. The number of nitrogen functional groups attached to an aromatic ring is 1. The van der Waals surface area contributed by atoms with Gasteiger partial charge in [-0.1, -0.05) is 24.3 Å². The van der Waals surface area contributed by atoms with Gasteiger partial charge < -0.3 is 15.8 Å². The van der Waals surface area contributed by atoms with Gasteiger partial charge in [0.05, 0.1) is 19.6 Å². The van der Waals surface area contributed by atoms with Gasteiger partial charge in [-0.2, -0.15) is 0 Å². The third kappa shape index (κ3) is 4.24. The molecule has 0 saturated carbocycles. The second-order valence-electron chi connectivity index (χ2n) is 4.98. The molecule has 0 aliphatic carbocycles. The second kappa shape index (κ2) is 6.79. The molecule has 3 N–H and O–H groups in total. The molecule has 2 rings (SSSR count). The van der Waals surface area contributed by atoms with Crippen LogP contribution in [0.3, 0.4) is 0 Å². The van der Waals surface area contributed by atoms with Crippen LogP contribution < -0.4 is 15.8 Å². The third-order valence-electron chi connectivity index (χ3n) is 3.32. The van der Waals surface area contributed by atoms with E-state index in [2.05, 4.69) is 5.32 Å². The largest absolute Gasteiger partial charge is 0.497 e. The van der Waals surface area contributed by atoms with Crippen molar-refractivity contribution in [2.45, 2.75) is 19.4 Å². The fourth-order valence-corrected chi connectivity index (χ4v) is 2.11. The first kappa shape index (κ1) is 14.9. The minimum absolute atomic E-state index is 0.0184. The van der Waals surface area contributed by atoms with Crippen LogP contribution in [0, 0.1) is 0 Å². The summed E-state index contributed by atoms with van der Waals surface area (Å²) in [6.07, 6.45) is 0.342. The van der Waals surface area contributed by atoms with Crippen LogP contribution >= 0.6 is 0 Å². The van der Waals surface area contributed by atoms with Crippen LogP contribution in [0.25, 0.3) is 0 Å². The summed E-state index contributed by atoms with van der Waals surface area (Å²) in [4.78, 5) is 12.1. The maximum Gasteiger partial charge on any atom is 0.224 e. The first-order chi connectivity index (χ1) is 10.1. The molecule has 110 valence electrons. The Morgan fingerprint density at radius 1 is 1.24 bits per heavy atom. The van der Waals surface area contributed by atoms with Gasteiger partial charge in [-0.05, 0) is 42.3 Å². The fraction of sp³-hybridized carbons (Fsp3) is 0.235. The number of nitrogens with two attached hydrogens (primary N) is 1. The lowest BCUT2D eigenvalue weighted by Crippen LogP contribution is -2.28. The number of carbonyl (C=O) groups is 1. The van der Waals surface area contributed by atoms with Crippen LogP contribution in [0.1, 0.15) is 24.1 Å². The fourth-order valence-electron chi connectivity index (χ4n) is 2.11. The van der Waals surface area contributed by atoms with Crippen LogP contribution in [-0.4, -0.2) is 13.0 Å². The van der Waals surface area contributed by atoms with Gasteiger partial charge in [-0.15, -0.1) is 0 Å². The van der Waals surface area contributed by atoms with E-state index >= 15 is 0 Å². The van der Waals surface area contributed by atoms with Crippen molar-refractivity contribution in [3.63, 3.8) is 0 Å². The monoisotopic (exact) mass is 284 g/mol. The Morgan fingerprint density at radius 3 is 2.62 bits per heavy atom. The van der Waals surface area contributed by atoms with Crippen molar-refractivity contribution >= 4 is 11.6 Å². The van der Waals surface area contributed by atoms with Crippen molar-refractivity contribution in [1.29, 1.82) is 0 Å². The van der Waals surface area contributed by atoms with Crippen molar-refractivity contribution in [1.82, 2.24) is 5.32 Å². The zero-order valence-electron chi connectivity index (χ0n) is 12.3. The molecule has 1 atom stereocenters. The summed E-state index contributed by atoms with van der Waals surface area (Å²) in [7, 11) is 1.63. The number of amides is 1. The van der Waals surface area contributed by atoms with E-state index in [4.69, 9.17) is 10.5 Å². The smallest absolute Gasteiger partial charge is 0.224 e. The van der Waals surface area contributed by atoms with Crippen LogP contribution in [0.2, 0.25) is 0 Å². The van der Waals surface area contributed by atoms with Crippen molar-refractivity contribution in [3.8, 4) is 5.75 Å². The minimum atomic E-state index is -0.0682. The number of hydrogen-bond acceptors (Lipinski definition) is 3. The molecule has 0 bridgehead atoms. The van der Waals surface area contributed by atoms with Gasteiger partial charge in [-0.25, -0.2) is 0 Å². The van der Waals surface area contributed by atoms with Crippen LogP contribution in [0.4, 0.5) is 5.69 Å². The Balaban J connectivity index is 1.96. The molecule has 0 fully saturated rings. The van der Waals surface area contributed by atoms with Crippen molar-refractivity contribution in [2.24, 2.45) is 0 Å². The van der Waals surface area contributed by atoms with E-state index in [0.717, 1.165) is 16.9 Å². The molecule has 0 unspecified atom stereocenters. The lowest BCUT2D eigenvalue weighted by Gasteiger charge is -2.15. The minimum Gasteiger partial charge on any atom is -0.497 e. The third-order valence-corrected chi connectivity index (χ3v) is 3.32. The molecule has 0 aliphatic heterocycles. The summed E-state index contributed by atoms with van der Waals surface area (Å²) < 4.78 is 5.19. The van der Waals surface area contributed by atoms with Crippen molar-refractivity contribution < 1.29 is 9.53 Å². The highest BCUT2D eigenvalue weighted by atomic mass is 16.5. The number of benzene rings is 2. The van der Waals surface area contributed by atoms with E-state index in [0.29, 0.717) is 12.1 Å². The van der Waals surface area contributed by atoms with Gasteiger partial charge in [0.15, 0.2) is 0 Å². The number of anilines is 1. The number of hydrogen-bond donors (Lipinski definition) is 2. The molecule has 1 amide bonds. The second-order valence-corrected chi connectivity index (χ2v) is 4.98. The number of methoxy groups -OCH3 is 1. The predicted octanol–water partition coefficient (Wildman–Crippen LogP) is 2.70. The Hall–Kier alpha value is -2.49. The first-order valence-electron chi connectivity index (χ1n) is 6.86. The molecular weight excluding hydrogens is 264 g/mol. The molecule has 0 spiro atoms. The van der Waals surface area contributed by atoms with Crippen LogP contribution in [-0.2, 0) is 11.2 Å². The average molecular weight is 284 g/mol. The van der Waals surface area contributed by atoms with E-state index in [1.165, 1.54) is 0 Å². The standard InChI is InChI=1S/C17H20N2O2/c1-12(14-4-3-5-16(11-14)21-2)19-17(20)10-13-6-8-15(18)9-7-13/h3-9,11-12H,10,18H2,1-2H3,(H,19,20)/t12-/m1/s1. The van der Waals surface area contributed by atoms with Crippen molar-refractivity contribution in [2.75, 3.05) is 12.8 Å². The normalized spacial score (nSPS) is 11.7. The maximum absolute atomic E-state index is 12.1. The lowest BCUT2D eigenvalue weighted by molar-refractivity contribution is -0.121. The van der Waals surface area contributed by atoms with Crippen LogP contribution in [0.15, 0.2) is 48.5 Å². The summed E-state index contributed by atoms with van der Waals surface area (Å²) in [5.74, 6) is 0.766. The number of ether oxygens (including phenoxy) is 1. The van der Waals surface area contributed by atoms with Crippen molar-refractivity contribution in [3.05, 3.63) is 59.7 Å². The van der Waals surface area contributed by atoms with E-state index < -0.39 is 0 Å². The highest BCUT2D eigenvalue weighted by Gasteiger charge is 2.10. The molecule has 0 saturated heterocycles. The highest BCUT2D eigenvalue weighted by molar-refractivity contribution is 5.79. The molecule has 4 heteroatoms. The molecule has 2 aromatic rings. The number of nitrogens with one attached hydrogen (secondary N) is 1. The quantitative estimate of drug-likeness (QED) is 0.830. The SMILES string of the molecule is COc1cccc([C@@H](C)NC(=O)Cc2ccc(N)cc2)c1. The van der Waals surface area contributed by atoms with Gasteiger partial charge in [0.2, 0.25) is 5.91 Å². The molecule has 2 aromatic carbocycles. The van der Waals surface area contributed by atoms with E-state index in [1.807, 2.05) is 43.3 Å². The Morgan fingerprint density at radius 2 is 1.95 bits per heavy atom. The maximum atomic E-state index is 12.1. The Kier molecular flexibility index (Phi) is 4.82. The summed E-state index contributed by atoms with van der Waals surface area (Å²) in [5, 5.41) is 2.98. The number of carbonyl (C=O) groups excluding carboxylic acids is 1. The molecule has 0 heterocycles. The highest BCUT2D eigenvalue weighted by Crippen LogP contribution is 2.18. The zero-order chi connectivity index (χ0) is 15.2. The lowest BCUT2D eigenvalue weighted by atomic mass is 10.1. The summed E-state index contributed by atoms with van der Waals surface area (Å²) in [6, 6.07) is 15.0. The van der Waals surface area contributed by atoms with Gasteiger partial charge >= 0.3 is 0 Å². The average Bonchev–Trinajstić information content (AvgIpc) is 2.49. The summed E-state index contributed by atoms with van der Waals surface area (Å²) >= 11 is 0. The topological polar surface area (TPSA) is 64.3 Å². The molecule has 0 aromatic heterocycles. The summed E-state index contributed by atoms with van der Waals surface area (Å²) in [6.45, 7) is 1.95. The molecular formula is C17H20N2O2. The predicted molar refractivity (Wildman–Crippen MR) is 84.1 cm³/mol. The van der Waals surface area contributed by atoms with Gasteiger partial charge in [0.1, 0.15) is 5.75 Å². The van der Waals surface area contributed by atoms with Gasteiger partial charge in [0.25, 0.3) is 0 Å². The summed E-state index contributed by atoms with van der Waals surface area (Å²) in [5.41, 5.74) is 8.29. The van der Waals surface area contributed by atoms with E-state index in [1.54, 1.807) is 19.2 Å². The van der Waals surface area contributed by atoms with Crippen LogP contribution in [0.5, 0.6) is 5.75 Å². The van der Waals surface area contributed by atoms with E-state index in [9.17, 15) is 4.79 Å². The Bertz CT molecular complexity index is 608. The number of rotatable bonds is 5. The van der Waals surface area contributed by atoms with E-state index in [-0.39, 0.29) is 11.9 Å².